The number of hydrogen-bond acceptors (Lipinski definition) is 8. The number of carbonyl (C=O) groups is 3. The van der Waals surface area contributed by atoms with E-state index in [4.69, 9.17) is 23.8 Å². The molecule has 1 saturated heterocycles. The number of rotatable bonds is 16. The summed E-state index contributed by atoms with van der Waals surface area (Å²) >= 11 is 3.28. The fourth-order valence-corrected chi connectivity index (χ4v) is 2.17. The number of hydroxylamine groups is 2. The van der Waals surface area contributed by atoms with E-state index in [2.05, 4.69) is 15.9 Å². The molecule has 1 fully saturated rings. The number of ether oxygens (including phenoxy) is 4. The standard InChI is InChI=1S/C17H26BrNO8/c18-6-1-2-7-23-9-11-25-13-14-26-12-10-24-8-5-17(22)27-19-15(20)3-4-16(19)21/h1-2H,3-14H2. The van der Waals surface area contributed by atoms with Crippen LogP contribution in [0, 0.1) is 0 Å². The van der Waals surface area contributed by atoms with Crippen molar-refractivity contribution in [3.05, 3.63) is 12.2 Å². The topological polar surface area (TPSA) is 101 Å². The summed E-state index contributed by atoms with van der Waals surface area (Å²) in [6.45, 7) is 3.31. The normalized spacial score (nSPS) is 14.5. The van der Waals surface area contributed by atoms with Crippen molar-refractivity contribution >= 4 is 33.7 Å². The van der Waals surface area contributed by atoms with Crippen LogP contribution in [0.2, 0.25) is 0 Å². The summed E-state index contributed by atoms with van der Waals surface area (Å²) in [6.07, 6.45) is 4.00. The zero-order valence-electron chi connectivity index (χ0n) is 15.2. The van der Waals surface area contributed by atoms with Crippen molar-refractivity contribution in [3.8, 4) is 0 Å². The van der Waals surface area contributed by atoms with Gasteiger partial charge in [0.15, 0.2) is 0 Å². The van der Waals surface area contributed by atoms with Crippen LogP contribution in [-0.2, 0) is 38.2 Å². The highest BCUT2D eigenvalue weighted by Crippen LogP contribution is 2.12. The number of carbonyl (C=O) groups excluding carboxylic acids is 3. The van der Waals surface area contributed by atoms with Gasteiger partial charge in [-0.1, -0.05) is 28.1 Å². The summed E-state index contributed by atoms with van der Waals surface area (Å²) < 4.78 is 21.2. The summed E-state index contributed by atoms with van der Waals surface area (Å²) in [5.41, 5.74) is 0. The fraction of sp³-hybridized carbons (Fsp3) is 0.706. The molecule has 0 bridgehead atoms. The molecule has 0 atom stereocenters. The minimum atomic E-state index is -0.683. The number of imide groups is 1. The van der Waals surface area contributed by atoms with E-state index in [0.717, 1.165) is 5.33 Å². The number of hydrogen-bond donors (Lipinski definition) is 0. The third-order valence-corrected chi connectivity index (χ3v) is 3.61. The van der Waals surface area contributed by atoms with Crippen LogP contribution in [0.5, 0.6) is 0 Å². The second-order valence-corrected chi connectivity index (χ2v) is 5.98. The maximum Gasteiger partial charge on any atom is 0.335 e. The molecule has 1 heterocycles. The molecule has 0 aromatic heterocycles. The molecule has 9 nitrogen and oxygen atoms in total. The second-order valence-electron chi connectivity index (χ2n) is 5.33. The molecule has 1 rings (SSSR count). The zero-order chi connectivity index (χ0) is 19.7. The highest BCUT2D eigenvalue weighted by molar-refractivity contribution is 9.09. The lowest BCUT2D eigenvalue weighted by atomic mass is 10.4. The number of amides is 2. The van der Waals surface area contributed by atoms with E-state index in [1.54, 1.807) is 0 Å². The van der Waals surface area contributed by atoms with Crippen LogP contribution >= 0.6 is 15.9 Å². The third kappa shape index (κ3) is 11.9. The van der Waals surface area contributed by atoms with Gasteiger partial charge >= 0.3 is 5.97 Å². The average molecular weight is 452 g/mol. The molecule has 0 N–H and O–H groups in total. The second kappa shape index (κ2) is 15.7. The first-order chi connectivity index (χ1) is 13.1. The minimum Gasteiger partial charge on any atom is -0.378 e. The highest BCUT2D eigenvalue weighted by atomic mass is 79.9. The Labute approximate surface area is 167 Å². The van der Waals surface area contributed by atoms with E-state index in [-0.39, 0.29) is 25.9 Å². The summed E-state index contributed by atoms with van der Waals surface area (Å²) in [5, 5.41) is 1.34. The van der Waals surface area contributed by atoms with Gasteiger partial charge in [-0.3, -0.25) is 9.59 Å². The highest BCUT2D eigenvalue weighted by Gasteiger charge is 2.32. The predicted molar refractivity (Wildman–Crippen MR) is 98.0 cm³/mol. The summed E-state index contributed by atoms with van der Waals surface area (Å²) in [6, 6.07) is 0. The van der Waals surface area contributed by atoms with Gasteiger partial charge in [-0.25, -0.2) is 4.79 Å². The molecule has 27 heavy (non-hydrogen) atoms. The smallest absolute Gasteiger partial charge is 0.335 e. The van der Waals surface area contributed by atoms with Gasteiger partial charge in [-0.05, 0) is 0 Å². The van der Waals surface area contributed by atoms with Crippen LogP contribution in [0.25, 0.3) is 0 Å². The van der Waals surface area contributed by atoms with Crippen molar-refractivity contribution in [2.24, 2.45) is 0 Å². The van der Waals surface area contributed by atoms with Gasteiger partial charge in [0.25, 0.3) is 11.8 Å². The first-order valence-corrected chi connectivity index (χ1v) is 9.85. The lowest BCUT2D eigenvalue weighted by Crippen LogP contribution is -2.32. The molecule has 0 spiro atoms. The van der Waals surface area contributed by atoms with Gasteiger partial charge in [0.2, 0.25) is 0 Å². The first-order valence-electron chi connectivity index (χ1n) is 8.73. The Kier molecular flexibility index (Phi) is 13.8. The lowest BCUT2D eigenvalue weighted by molar-refractivity contribution is -0.198. The molecule has 0 saturated carbocycles. The molecule has 0 radical (unpaired) electrons. The molecular formula is C17H26BrNO8. The van der Waals surface area contributed by atoms with E-state index in [0.29, 0.717) is 51.3 Å². The Morgan fingerprint density at radius 2 is 1.37 bits per heavy atom. The quantitative estimate of drug-likeness (QED) is 0.148. The molecule has 0 unspecified atom stereocenters. The van der Waals surface area contributed by atoms with Crippen LogP contribution in [0.3, 0.4) is 0 Å². The Morgan fingerprint density at radius 1 is 0.852 bits per heavy atom. The van der Waals surface area contributed by atoms with Crippen LogP contribution in [0.15, 0.2) is 12.2 Å². The molecule has 10 heteroatoms. The maximum absolute atomic E-state index is 11.5. The van der Waals surface area contributed by atoms with Gasteiger partial charge < -0.3 is 23.8 Å². The van der Waals surface area contributed by atoms with E-state index < -0.39 is 17.8 Å². The van der Waals surface area contributed by atoms with Crippen LogP contribution in [-0.4, -0.2) is 81.0 Å². The van der Waals surface area contributed by atoms with Crippen molar-refractivity contribution in [2.75, 3.05) is 58.2 Å². The Morgan fingerprint density at radius 3 is 1.93 bits per heavy atom. The molecule has 0 aromatic rings. The number of nitrogens with zero attached hydrogens (tertiary/aromatic N) is 1. The van der Waals surface area contributed by atoms with E-state index in [1.165, 1.54) is 0 Å². The van der Waals surface area contributed by atoms with Crippen LogP contribution in [0.4, 0.5) is 0 Å². The van der Waals surface area contributed by atoms with Crippen molar-refractivity contribution < 1.29 is 38.2 Å². The zero-order valence-corrected chi connectivity index (χ0v) is 16.8. The largest absolute Gasteiger partial charge is 0.378 e. The number of allylic oxidation sites excluding steroid dienone is 1. The molecule has 2 amide bonds. The van der Waals surface area contributed by atoms with Gasteiger partial charge in [0, 0.05) is 18.2 Å². The third-order valence-electron chi connectivity index (χ3n) is 3.24. The Balaban J connectivity index is 1.82. The maximum atomic E-state index is 11.5. The molecule has 154 valence electrons. The Hall–Kier alpha value is -1.33. The molecular weight excluding hydrogens is 426 g/mol. The molecule has 1 aliphatic rings. The van der Waals surface area contributed by atoms with E-state index in [9.17, 15) is 14.4 Å². The molecule has 0 aliphatic carbocycles. The van der Waals surface area contributed by atoms with E-state index >= 15 is 0 Å². The van der Waals surface area contributed by atoms with Crippen molar-refractivity contribution in [2.45, 2.75) is 19.3 Å². The number of halogens is 1. The van der Waals surface area contributed by atoms with Crippen molar-refractivity contribution in [1.82, 2.24) is 5.06 Å². The van der Waals surface area contributed by atoms with Crippen LogP contribution < -0.4 is 0 Å². The van der Waals surface area contributed by atoms with Crippen molar-refractivity contribution in [1.29, 1.82) is 0 Å². The van der Waals surface area contributed by atoms with Gasteiger partial charge in [0.05, 0.1) is 59.3 Å². The summed E-state index contributed by atoms with van der Waals surface area (Å²) in [7, 11) is 0. The number of alkyl halides is 1. The fourth-order valence-electron chi connectivity index (χ4n) is 1.90. The first kappa shape index (κ1) is 23.7. The molecule has 0 aromatic carbocycles. The van der Waals surface area contributed by atoms with Gasteiger partial charge in [-0.2, -0.15) is 0 Å². The Bertz CT molecular complexity index is 470. The lowest BCUT2D eigenvalue weighted by Gasteiger charge is -2.12. The SMILES string of the molecule is O=C(CCOCCOCCOCCOCC=CCBr)ON1C(=O)CCC1=O. The molecule has 1 aliphatic heterocycles. The monoisotopic (exact) mass is 451 g/mol. The van der Waals surface area contributed by atoms with Gasteiger partial charge in [0.1, 0.15) is 0 Å². The minimum absolute atomic E-state index is 0.0506. The van der Waals surface area contributed by atoms with Crippen LogP contribution in [0.1, 0.15) is 19.3 Å². The summed E-state index contributed by atoms with van der Waals surface area (Å²) in [5.74, 6) is -1.68. The van der Waals surface area contributed by atoms with Crippen molar-refractivity contribution in [3.63, 3.8) is 0 Å². The predicted octanol–water partition coefficient (Wildman–Crippen LogP) is 1.00. The van der Waals surface area contributed by atoms with E-state index in [1.807, 2.05) is 12.2 Å². The average Bonchev–Trinajstić information content (AvgIpc) is 2.97. The summed E-state index contributed by atoms with van der Waals surface area (Å²) in [4.78, 5) is 38.8. The van der Waals surface area contributed by atoms with Gasteiger partial charge in [-0.15, -0.1) is 5.06 Å².